The second kappa shape index (κ2) is 5.87. The van der Waals surface area contributed by atoms with Crippen molar-refractivity contribution in [3.63, 3.8) is 0 Å². The Hall–Kier alpha value is -2.04. The van der Waals surface area contributed by atoms with Gasteiger partial charge >= 0.3 is 6.03 Å². The predicted octanol–water partition coefficient (Wildman–Crippen LogP) is 4.22. The minimum Gasteiger partial charge on any atom is -0.333 e. The maximum atomic E-state index is 12.3. The van der Waals surface area contributed by atoms with Gasteiger partial charge in [-0.1, -0.05) is 20.8 Å². The molecule has 2 amide bonds. The van der Waals surface area contributed by atoms with Crippen LogP contribution in [0.2, 0.25) is 0 Å². The first-order valence-electron chi connectivity index (χ1n) is 7.99. The molecule has 0 fully saturated rings. The number of hydrogen-bond acceptors (Lipinski definition) is 2. The van der Waals surface area contributed by atoms with Gasteiger partial charge in [0.25, 0.3) is 0 Å². The zero-order chi connectivity index (χ0) is 17.4. The van der Waals surface area contributed by atoms with Crippen molar-refractivity contribution in [3.8, 4) is 0 Å². The molecule has 1 heterocycles. The Morgan fingerprint density at radius 1 is 1.22 bits per heavy atom. The van der Waals surface area contributed by atoms with E-state index in [4.69, 9.17) is 0 Å². The molecule has 0 aliphatic carbocycles. The number of nitrogens with one attached hydrogen (secondary N) is 2. The van der Waals surface area contributed by atoms with Crippen LogP contribution in [0.25, 0.3) is 11.0 Å². The molecule has 5 heteroatoms. The molecule has 126 valence electrons. The van der Waals surface area contributed by atoms with Crippen LogP contribution in [0, 0.1) is 12.3 Å². The molecular formula is C18H28N4O. The number of carbonyl (C=O) groups excluding carboxylic acids is 1. The average molecular weight is 316 g/mol. The number of rotatable bonds is 3. The van der Waals surface area contributed by atoms with Crippen molar-refractivity contribution < 1.29 is 4.79 Å². The van der Waals surface area contributed by atoms with E-state index >= 15 is 0 Å². The lowest BCUT2D eigenvalue weighted by Crippen LogP contribution is -2.47. The molecule has 0 aliphatic heterocycles. The van der Waals surface area contributed by atoms with Crippen LogP contribution in [-0.2, 0) is 7.05 Å². The minimum atomic E-state index is -0.270. The molecule has 0 aliphatic rings. The lowest BCUT2D eigenvalue weighted by atomic mass is 9.82. The second-order valence-electron chi connectivity index (χ2n) is 8.12. The summed E-state index contributed by atoms with van der Waals surface area (Å²) in [6.45, 7) is 12.6. The number of carbonyl (C=O) groups is 1. The van der Waals surface area contributed by atoms with E-state index in [1.165, 1.54) is 0 Å². The lowest BCUT2D eigenvalue weighted by molar-refractivity contribution is 0.220. The molecule has 0 radical (unpaired) electrons. The van der Waals surface area contributed by atoms with Gasteiger partial charge in [-0.25, -0.2) is 9.78 Å². The SMILES string of the molecule is Cc1nc2cc(NC(=O)NC(C)(C)CC(C)(C)C)ccc2n1C. The van der Waals surface area contributed by atoms with Crippen LogP contribution in [0.4, 0.5) is 10.5 Å². The Morgan fingerprint density at radius 2 is 1.87 bits per heavy atom. The average Bonchev–Trinajstić information content (AvgIpc) is 2.60. The molecule has 0 spiro atoms. The van der Waals surface area contributed by atoms with Crippen molar-refractivity contribution in [2.45, 2.75) is 53.5 Å². The number of amides is 2. The number of fused-ring (bicyclic) bond motifs is 1. The van der Waals surface area contributed by atoms with Crippen molar-refractivity contribution >= 4 is 22.8 Å². The first-order chi connectivity index (χ1) is 10.5. The molecule has 0 unspecified atom stereocenters. The van der Waals surface area contributed by atoms with E-state index in [1.54, 1.807) is 0 Å². The fraction of sp³-hybridized carbons (Fsp3) is 0.556. The van der Waals surface area contributed by atoms with E-state index in [1.807, 2.05) is 50.6 Å². The molecule has 2 aromatic rings. The topological polar surface area (TPSA) is 59.0 Å². The number of anilines is 1. The van der Waals surface area contributed by atoms with Crippen LogP contribution < -0.4 is 10.6 Å². The summed E-state index contributed by atoms with van der Waals surface area (Å²) < 4.78 is 2.03. The van der Waals surface area contributed by atoms with Gasteiger partial charge in [-0.05, 0) is 50.8 Å². The van der Waals surface area contributed by atoms with Crippen LogP contribution in [0.1, 0.15) is 46.9 Å². The number of hydrogen-bond donors (Lipinski definition) is 2. The summed E-state index contributed by atoms with van der Waals surface area (Å²) in [6, 6.07) is 5.59. The van der Waals surface area contributed by atoms with Gasteiger partial charge in [0.15, 0.2) is 0 Å². The van der Waals surface area contributed by atoms with Crippen LogP contribution in [0.5, 0.6) is 0 Å². The third-order valence-corrected chi connectivity index (χ3v) is 3.79. The Morgan fingerprint density at radius 3 is 2.48 bits per heavy atom. The Labute approximate surface area is 138 Å². The third kappa shape index (κ3) is 4.47. The summed E-state index contributed by atoms with van der Waals surface area (Å²) in [4.78, 5) is 16.8. The summed E-state index contributed by atoms with van der Waals surface area (Å²) in [6.07, 6.45) is 0.895. The smallest absolute Gasteiger partial charge is 0.319 e. The predicted molar refractivity (Wildman–Crippen MR) is 95.8 cm³/mol. The zero-order valence-corrected chi connectivity index (χ0v) is 15.2. The van der Waals surface area contributed by atoms with Crippen molar-refractivity contribution in [3.05, 3.63) is 24.0 Å². The van der Waals surface area contributed by atoms with Crippen LogP contribution >= 0.6 is 0 Å². The van der Waals surface area contributed by atoms with E-state index in [-0.39, 0.29) is 17.0 Å². The second-order valence-corrected chi connectivity index (χ2v) is 8.12. The van der Waals surface area contributed by atoms with Gasteiger partial charge in [0, 0.05) is 18.3 Å². The molecule has 0 saturated carbocycles. The summed E-state index contributed by atoms with van der Waals surface area (Å²) >= 11 is 0. The number of aryl methyl sites for hydroxylation is 2. The number of urea groups is 1. The molecule has 0 bridgehead atoms. The van der Waals surface area contributed by atoms with Gasteiger partial charge in [-0.15, -0.1) is 0 Å². The Bertz CT molecular complexity index is 722. The van der Waals surface area contributed by atoms with Gasteiger partial charge in [0.2, 0.25) is 0 Å². The molecule has 2 rings (SSSR count). The Balaban J connectivity index is 2.08. The van der Waals surface area contributed by atoms with Crippen molar-refractivity contribution in [1.82, 2.24) is 14.9 Å². The molecule has 0 atom stereocenters. The maximum absolute atomic E-state index is 12.3. The maximum Gasteiger partial charge on any atom is 0.319 e. The van der Waals surface area contributed by atoms with E-state index < -0.39 is 0 Å². The normalized spacial score (nSPS) is 12.5. The highest BCUT2D eigenvalue weighted by Crippen LogP contribution is 2.27. The van der Waals surface area contributed by atoms with E-state index in [0.717, 1.165) is 29.0 Å². The summed E-state index contributed by atoms with van der Waals surface area (Å²) in [5.41, 5.74) is 2.58. The monoisotopic (exact) mass is 316 g/mol. The molecular weight excluding hydrogens is 288 g/mol. The fourth-order valence-electron chi connectivity index (χ4n) is 3.24. The van der Waals surface area contributed by atoms with Crippen molar-refractivity contribution in [1.29, 1.82) is 0 Å². The number of nitrogens with zero attached hydrogens (tertiary/aromatic N) is 2. The summed E-state index contributed by atoms with van der Waals surface area (Å²) in [7, 11) is 1.99. The van der Waals surface area contributed by atoms with Crippen LogP contribution in [0.3, 0.4) is 0 Å². The van der Waals surface area contributed by atoms with Crippen molar-refractivity contribution in [2.75, 3.05) is 5.32 Å². The molecule has 1 aromatic heterocycles. The van der Waals surface area contributed by atoms with Crippen molar-refractivity contribution in [2.24, 2.45) is 12.5 Å². The third-order valence-electron chi connectivity index (χ3n) is 3.79. The Kier molecular flexibility index (Phi) is 4.42. The standard InChI is InChI=1S/C18H28N4O/c1-12-19-14-10-13(8-9-15(14)22(12)7)20-16(23)21-18(5,6)11-17(2,3)4/h8-10H,11H2,1-7H3,(H2,20,21,23). The van der Waals surface area contributed by atoms with E-state index in [2.05, 4.69) is 36.4 Å². The number of aromatic nitrogens is 2. The number of benzene rings is 1. The fourth-order valence-corrected chi connectivity index (χ4v) is 3.24. The lowest BCUT2D eigenvalue weighted by Gasteiger charge is -2.33. The minimum absolute atomic E-state index is 0.154. The van der Waals surface area contributed by atoms with Gasteiger partial charge in [0.05, 0.1) is 11.0 Å². The summed E-state index contributed by atoms with van der Waals surface area (Å²) in [5, 5.41) is 5.96. The molecule has 2 N–H and O–H groups in total. The van der Waals surface area contributed by atoms with Gasteiger partial charge in [0.1, 0.15) is 5.82 Å². The van der Waals surface area contributed by atoms with Crippen LogP contribution in [0.15, 0.2) is 18.2 Å². The van der Waals surface area contributed by atoms with E-state index in [9.17, 15) is 4.79 Å². The first-order valence-corrected chi connectivity index (χ1v) is 7.99. The zero-order valence-electron chi connectivity index (χ0n) is 15.2. The molecule has 5 nitrogen and oxygen atoms in total. The highest BCUT2D eigenvalue weighted by atomic mass is 16.2. The molecule has 1 aromatic carbocycles. The molecule has 23 heavy (non-hydrogen) atoms. The van der Waals surface area contributed by atoms with Gasteiger partial charge < -0.3 is 15.2 Å². The van der Waals surface area contributed by atoms with E-state index in [0.29, 0.717) is 0 Å². The van der Waals surface area contributed by atoms with Gasteiger partial charge in [-0.3, -0.25) is 0 Å². The highest BCUT2D eigenvalue weighted by Gasteiger charge is 2.27. The highest BCUT2D eigenvalue weighted by molar-refractivity contribution is 5.92. The number of imidazole rings is 1. The van der Waals surface area contributed by atoms with Gasteiger partial charge in [-0.2, -0.15) is 0 Å². The summed E-state index contributed by atoms with van der Waals surface area (Å²) in [5.74, 6) is 0.952. The molecule has 0 saturated heterocycles. The van der Waals surface area contributed by atoms with Crippen LogP contribution in [-0.4, -0.2) is 21.1 Å². The largest absolute Gasteiger partial charge is 0.333 e. The quantitative estimate of drug-likeness (QED) is 0.890. The first kappa shape index (κ1) is 17.3.